The molecule has 0 aliphatic heterocycles. The third-order valence-electron chi connectivity index (χ3n) is 9.99. The standard InChI is InChI=1S/C49H32F4/c50-43-13-7-14-44(51)47(43)37-21-29-41(30-22-37)49(39-25-17-35(18-26-39)33-9-3-1-4-10-33,40-27-19-36(20-28-40)34-11-5-2-6-12-34)42-31-23-38(24-32-42)48-45(52)15-8-16-46(48)53/h1-32H. The smallest absolute Gasteiger partial charge is 0.133 e. The number of rotatable bonds is 8. The first-order valence-corrected chi connectivity index (χ1v) is 17.4. The Hall–Kier alpha value is -6.52. The Morgan fingerprint density at radius 2 is 0.472 bits per heavy atom. The molecule has 8 rings (SSSR count). The fourth-order valence-electron chi connectivity index (χ4n) is 7.41. The highest BCUT2D eigenvalue weighted by molar-refractivity contribution is 5.72. The van der Waals surface area contributed by atoms with Gasteiger partial charge in [0.25, 0.3) is 0 Å². The Kier molecular flexibility index (Phi) is 9.03. The van der Waals surface area contributed by atoms with Crippen molar-refractivity contribution in [1.82, 2.24) is 0 Å². The Morgan fingerprint density at radius 1 is 0.226 bits per heavy atom. The molecule has 0 aromatic heterocycles. The summed E-state index contributed by atoms with van der Waals surface area (Å²) in [7, 11) is 0. The minimum Gasteiger partial charge on any atom is -0.206 e. The molecule has 4 heteroatoms. The first-order chi connectivity index (χ1) is 25.9. The van der Waals surface area contributed by atoms with E-state index in [1.165, 1.54) is 36.4 Å². The highest BCUT2D eigenvalue weighted by Gasteiger charge is 2.39. The Balaban J connectivity index is 1.37. The molecule has 0 fully saturated rings. The third-order valence-corrected chi connectivity index (χ3v) is 9.99. The number of hydrogen-bond donors (Lipinski definition) is 0. The monoisotopic (exact) mass is 696 g/mol. The Morgan fingerprint density at radius 3 is 0.755 bits per heavy atom. The van der Waals surface area contributed by atoms with Gasteiger partial charge in [0, 0.05) is 0 Å². The molecule has 0 amide bonds. The zero-order chi connectivity index (χ0) is 36.4. The van der Waals surface area contributed by atoms with Gasteiger partial charge < -0.3 is 0 Å². The summed E-state index contributed by atoms with van der Waals surface area (Å²) in [6.07, 6.45) is 0. The summed E-state index contributed by atoms with van der Waals surface area (Å²) in [6.45, 7) is 0. The van der Waals surface area contributed by atoms with Crippen LogP contribution in [-0.4, -0.2) is 0 Å². The molecule has 0 aliphatic rings. The first-order valence-electron chi connectivity index (χ1n) is 17.4. The molecule has 0 N–H and O–H groups in total. The fraction of sp³-hybridized carbons (Fsp3) is 0.0204. The van der Waals surface area contributed by atoms with E-state index >= 15 is 0 Å². The van der Waals surface area contributed by atoms with Crippen LogP contribution in [0.5, 0.6) is 0 Å². The van der Waals surface area contributed by atoms with Crippen LogP contribution in [0.1, 0.15) is 22.3 Å². The summed E-state index contributed by atoms with van der Waals surface area (Å²) in [5, 5.41) is 0. The highest BCUT2D eigenvalue weighted by Crippen LogP contribution is 2.47. The highest BCUT2D eigenvalue weighted by atomic mass is 19.1. The predicted molar refractivity (Wildman–Crippen MR) is 206 cm³/mol. The molecule has 0 saturated carbocycles. The van der Waals surface area contributed by atoms with Crippen LogP contribution in [0.15, 0.2) is 194 Å². The topological polar surface area (TPSA) is 0 Å². The average Bonchev–Trinajstić information content (AvgIpc) is 3.20. The van der Waals surface area contributed by atoms with Crippen molar-refractivity contribution in [3.05, 3.63) is 240 Å². The van der Waals surface area contributed by atoms with E-state index in [1.807, 2.05) is 60.7 Å². The predicted octanol–water partition coefficient (Wildman–Crippen LogP) is 13.3. The zero-order valence-electron chi connectivity index (χ0n) is 28.5. The number of benzene rings is 8. The largest absolute Gasteiger partial charge is 0.206 e. The van der Waals surface area contributed by atoms with Gasteiger partial charge in [0.05, 0.1) is 16.5 Å². The van der Waals surface area contributed by atoms with Crippen molar-refractivity contribution >= 4 is 0 Å². The lowest BCUT2D eigenvalue weighted by molar-refractivity contribution is 0.589. The van der Waals surface area contributed by atoms with Gasteiger partial charge >= 0.3 is 0 Å². The lowest BCUT2D eigenvalue weighted by Crippen LogP contribution is -2.31. The summed E-state index contributed by atoms with van der Waals surface area (Å²) >= 11 is 0. The normalized spacial score (nSPS) is 11.4. The Labute approximate surface area is 306 Å². The second-order valence-corrected chi connectivity index (χ2v) is 13.0. The van der Waals surface area contributed by atoms with E-state index in [9.17, 15) is 17.6 Å². The van der Waals surface area contributed by atoms with E-state index in [0.717, 1.165) is 44.5 Å². The van der Waals surface area contributed by atoms with Gasteiger partial charge in [0.1, 0.15) is 23.3 Å². The lowest BCUT2D eigenvalue weighted by Gasteiger charge is -2.37. The molecule has 0 bridgehead atoms. The fourth-order valence-corrected chi connectivity index (χ4v) is 7.41. The second kappa shape index (κ2) is 14.2. The van der Waals surface area contributed by atoms with Crippen molar-refractivity contribution in [2.45, 2.75) is 5.41 Å². The maximum Gasteiger partial charge on any atom is 0.133 e. The van der Waals surface area contributed by atoms with E-state index in [-0.39, 0.29) is 11.1 Å². The molecule has 0 nitrogen and oxygen atoms in total. The molecule has 256 valence electrons. The summed E-state index contributed by atoms with van der Waals surface area (Å²) in [5.41, 5.74) is 7.41. The Bertz CT molecular complexity index is 2270. The SMILES string of the molecule is Fc1cccc(F)c1-c1ccc(C(c2ccc(-c3ccccc3)cc2)(c2ccc(-c3ccccc3)cc2)c2ccc(-c3c(F)cccc3F)cc2)cc1. The first kappa shape index (κ1) is 33.6. The molecule has 0 heterocycles. The van der Waals surface area contributed by atoms with Gasteiger partial charge in [0.2, 0.25) is 0 Å². The van der Waals surface area contributed by atoms with Gasteiger partial charge in [-0.15, -0.1) is 0 Å². The van der Waals surface area contributed by atoms with Crippen LogP contribution in [0.3, 0.4) is 0 Å². The van der Waals surface area contributed by atoms with Gasteiger partial charge in [-0.3, -0.25) is 0 Å². The number of hydrogen-bond acceptors (Lipinski definition) is 0. The van der Waals surface area contributed by atoms with Crippen molar-refractivity contribution in [3.8, 4) is 44.5 Å². The van der Waals surface area contributed by atoms with Gasteiger partial charge in [0.15, 0.2) is 0 Å². The molecule has 0 saturated heterocycles. The summed E-state index contributed by atoms with van der Waals surface area (Å²) in [4.78, 5) is 0. The minimum absolute atomic E-state index is 0.0969. The van der Waals surface area contributed by atoms with Crippen LogP contribution < -0.4 is 0 Å². The maximum atomic E-state index is 15.0. The third kappa shape index (κ3) is 6.23. The minimum atomic E-state index is -0.969. The van der Waals surface area contributed by atoms with E-state index in [1.54, 1.807) is 24.3 Å². The van der Waals surface area contributed by atoms with E-state index < -0.39 is 28.7 Å². The summed E-state index contributed by atoms with van der Waals surface area (Å²) in [5.74, 6) is -2.58. The van der Waals surface area contributed by atoms with Crippen molar-refractivity contribution in [2.75, 3.05) is 0 Å². The van der Waals surface area contributed by atoms with E-state index in [2.05, 4.69) is 72.8 Å². The molecule has 0 unspecified atom stereocenters. The average molecular weight is 697 g/mol. The van der Waals surface area contributed by atoms with Gasteiger partial charge in [-0.05, 0) is 79.9 Å². The molecular formula is C49H32F4. The summed E-state index contributed by atoms with van der Waals surface area (Å²) in [6, 6.07) is 59.2. The number of halogens is 4. The molecule has 0 spiro atoms. The molecule has 0 atom stereocenters. The van der Waals surface area contributed by atoms with Crippen LogP contribution in [0.4, 0.5) is 17.6 Å². The molecular weight excluding hydrogens is 665 g/mol. The van der Waals surface area contributed by atoms with Crippen LogP contribution in [0.2, 0.25) is 0 Å². The zero-order valence-corrected chi connectivity index (χ0v) is 28.5. The van der Waals surface area contributed by atoms with E-state index in [0.29, 0.717) is 11.1 Å². The van der Waals surface area contributed by atoms with Crippen molar-refractivity contribution in [2.24, 2.45) is 0 Å². The maximum absolute atomic E-state index is 15.0. The van der Waals surface area contributed by atoms with Crippen LogP contribution in [-0.2, 0) is 5.41 Å². The van der Waals surface area contributed by atoms with Crippen LogP contribution in [0, 0.1) is 23.3 Å². The summed E-state index contributed by atoms with van der Waals surface area (Å²) < 4.78 is 59.8. The lowest BCUT2D eigenvalue weighted by atomic mass is 9.64. The van der Waals surface area contributed by atoms with Crippen molar-refractivity contribution in [3.63, 3.8) is 0 Å². The van der Waals surface area contributed by atoms with Gasteiger partial charge in [-0.25, -0.2) is 17.6 Å². The quantitative estimate of drug-likeness (QED) is 0.110. The molecule has 0 aliphatic carbocycles. The second-order valence-electron chi connectivity index (χ2n) is 13.0. The molecule has 0 radical (unpaired) electrons. The van der Waals surface area contributed by atoms with Gasteiger partial charge in [-0.2, -0.15) is 0 Å². The van der Waals surface area contributed by atoms with Crippen molar-refractivity contribution < 1.29 is 17.6 Å². The van der Waals surface area contributed by atoms with Crippen LogP contribution in [0.25, 0.3) is 44.5 Å². The molecule has 53 heavy (non-hydrogen) atoms. The van der Waals surface area contributed by atoms with E-state index in [4.69, 9.17) is 0 Å². The van der Waals surface area contributed by atoms with Crippen molar-refractivity contribution in [1.29, 1.82) is 0 Å². The molecule has 8 aromatic rings. The molecule has 8 aromatic carbocycles. The van der Waals surface area contributed by atoms with Crippen LogP contribution >= 0.6 is 0 Å². The van der Waals surface area contributed by atoms with Gasteiger partial charge in [-0.1, -0.05) is 170 Å².